The van der Waals surface area contributed by atoms with Crippen molar-refractivity contribution in [3.63, 3.8) is 0 Å². The zero-order valence-corrected chi connectivity index (χ0v) is 11.4. The summed E-state index contributed by atoms with van der Waals surface area (Å²) in [6.07, 6.45) is 2.04. The Hall–Kier alpha value is -0.970. The van der Waals surface area contributed by atoms with Gasteiger partial charge in [-0.2, -0.15) is 0 Å². The third-order valence-electron chi connectivity index (χ3n) is 3.24. The van der Waals surface area contributed by atoms with E-state index in [0.29, 0.717) is 16.5 Å². The number of nitrogens with two attached hydrogens (primary N) is 1. The van der Waals surface area contributed by atoms with Crippen LogP contribution < -0.4 is 15.2 Å². The molecule has 0 saturated carbocycles. The standard InChI is InChI=1S/C13H18ClNO3/c1-16-9-6-5-8(13(17-2)11(9)14)12(15)10-4-3-7-18-10/h5-6,10,12H,3-4,7,15H2,1-2H3. The van der Waals surface area contributed by atoms with E-state index in [4.69, 9.17) is 31.5 Å². The van der Waals surface area contributed by atoms with Gasteiger partial charge in [-0.3, -0.25) is 0 Å². The highest BCUT2D eigenvalue weighted by Gasteiger charge is 2.28. The molecular weight excluding hydrogens is 254 g/mol. The van der Waals surface area contributed by atoms with Gasteiger partial charge in [0.2, 0.25) is 0 Å². The maximum absolute atomic E-state index is 6.23. The van der Waals surface area contributed by atoms with Crippen LogP contribution in [0.25, 0.3) is 0 Å². The van der Waals surface area contributed by atoms with E-state index < -0.39 is 0 Å². The molecular formula is C13H18ClNO3. The predicted octanol–water partition coefficient (Wildman–Crippen LogP) is 2.54. The van der Waals surface area contributed by atoms with Crippen molar-refractivity contribution < 1.29 is 14.2 Å². The Morgan fingerprint density at radius 1 is 1.39 bits per heavy atom. The van der Waals surface area contributed by atoms with E-state index in [-0.39, 0.29) is 12.1 Å². The summed E-state index contributed by atoms with van der Waals surface area (Å²) in [5.74, 6) is 1.15. The van der Waals surface area contributed by atoms with Gasteiger partial charge < -0.3 is 19.9 Å². The summed E-state index contributed by atoms with van der Waals surface area (Å²) in [6, 6.07) is 3.45. The Morgan fingerprint density at radius 3 is 2.72 bits per heavy atom. The van der Waals surface area contributed by atoms with E-state index in [9.17, 15) is 0 Å². The zero-order valence-electron chi connectivity index (χ0n) is 10.6. The Bertz CT molecular complexity index is 419. The second kappa shape index (κ2) is 5.78. The summed E-state index contributed by atoms with van der Waals surface area (Å²) in [5, 5.41) is 0.450. The minimum atomic E-state index is -0.231. The van der Waals surface area contributed by atoms with Crippen LogP contribution in [-0.4, -0.2) is 26.9 Å². The van der Waals surface area contributed by atoms with Crippen molar-refractivity contribution in [2.24, 2.45) is 5.73 Å². The van der Waals surface area contributed by atoms with Crippen LogP contribution in [0.15, 0.2) is 12.1 Å². The maximum Gasteiger partial charge on any atom is 0.146 e. The minimum absolute atomic E-state index is 0.0309. The van der Waals surface area contributed by atoms with Gasteiger partial charge in [-0.15, -0.1) is 0 Å². The lowest BCUT2D eigenvalue weighted by Crippen LogP contribution is -2.26. The summed E-state index contributed by atoms with van der Waals surface area (Å²) < 4.78 is 16.1. The second-order valence-corrected chi connectivity index (χ2v) is 4.66. The van der Waals surface area contributed by atoms with Crippen molar-refractivity contribution >= 4 is 11.6 Å². The highest BCUT2D eigenvalue weighted by molar-refractivity contribution is 6.33. The molecule has 1 aliphatic rings. The lowest BCUT2D eigenvalue weighted by Gasteiger charge is -2.22. The van der Waals surface area contributed by atoms with E-state index in [1.54, 1.807) is 20.3 Å². The molecule has 5 heteroatoms. The molecule has 1 saturated heterocycles. The molecule has 0 aliphatic carbocycles. The fraction of sp³-hybridized carbons (Fsp3) is 0.538. The van der Waals surface area contributed by atoms with E-state index >= 15 is 0 Å². The fourth-order valence-electron chi connectivity index (χ4n) is 2.27. The number of hydrogen-bond donors (Lipinski definition) is 1. The third-order valence-corrected chi connectivity index (χ3v) is 3.60. The number of benzene rings is 1. The number of hydrogen-bond acceptors (Lipinski definition) is 4. The van der Waals surface area contributed by atoms with Crippen LogP contribution in [0.5, 0.6) is 11.5 Å². The molecule has 1 aromatic carbocycles. The van der Waals surface area contributed by atoms with Crippen molar-refractivity contribution in [2.75, 3.05) is 20.8 Å². The molecule has 1 heterocycles. The van der Waals surface area contributed by atoms with Crippen molar-refractivity contribution in [2.45, 2.75) is 25.0 Å². The van der Waals surface area contributed by atoms with Crippen LogP contribution in [0.1, 0.15) is 24.4 Å². The van der Waals surface area contributed by atoms with E-state index in [0.717, 1.165) is 25.0 Å². The molecule has 1 aliphatic heterocycles. The molecule has 2 unspecified atom stereocenters. The molecule has 2 rings (SSSR count). The fourth-order valence-corrected chi connectivity index (χ4v) is 2.59. The first-order valence-corrected chi connectivity index (χ1v) is 6.34. The van der Waals surface area contributed by atoms with Gasteiger partial charge in [-0.25, -0.2) is 0 Å². The van der Waals surface area contributed by atoms with Crippen LogP contribution in [0.2, 0.25) is 5.02 Å². The smallest absolute Gasteiger partial charge is 0.146 e. The van der Waals surface area contributed by atoms with Gasteiger partial charge >= 0.3 is 0 Å². The van der Waals surface area contributed by atoms with Gasteiger partial charge in [-0.05, 0) is 25.0 Å². The van der Waals surface area contributed by atoms with Gasteiger partial charge in [-0.1, -0.05) is 11.6 Å². The molecule has 18 heavy (non-hydrogen) atoms. The molecule has 0 radical (unpaired) electrons. The number of halogens is 1. The average Bonchev–Trinajstić information content (AvgIpc) is 2.91. The van der Waals surface area contributed by atoms with Crippen molar-refractivity contribution in [1.29, 1.82) is 0 Å². The molecule has 2 atom stereocenters. The molecule has 1 aromatic rings. The Morgan fingerprint density at radius 2 is 2.17 bits per heavy atom. The third kappa shape index (κ3) is 2.41. The lowest BCUT2D eigenvalue weighted by molar-refractivity contribution is 0.0893. The molecule has 2 N–H and O–H groups in total. The van der Waals surface area contributed by atoms with Crippen LogP contribution in [-0.2, 0) is 4.74 Å². The van der Waals surface area contributed by atoms with Crippen LogP contribution in [0.4, 0.5) is 0 Å². The summed E-state index contributed by atoms with van der Waals surface area (Å²) in [6.45, 7) is 0.768. The van der Waals surface area contributed by atoms with Crippen molar-refractivity contribution in [1.82, 2.24) is 0 Å². The van der Waals surface area contributed by atoms with Crippen molar-refractivity contribution in [3.05, 3.63) is 22.7 Å². The minimum Gasteiger partial charge on any atom is -0.495 e. The first-order valence-electron chi connectivity index (χ1n) is 5.96. The Kier molecular flexibility index (Phi) is 4.32. The van der Waals surface area contributed by atoms with Crippen LogP contribution in [0, 0.1) is 0 Å². The first kappa shape index (κ1) is 13.5. The summed E-state index contributed by atoms with van der Waals surface area (Å²) in [5.41, 5.74) is 7.09. The highest BCUT2D eigenvalue weighted by Crippen LogP contribution is 2.40. The quantitative estimate of drug-likeness (QED) is 0.914. The lowest BCUT2D eigenvalue weighted by atomic mass is 9.99. The molecule has 100 valence electrons. The highest BCUT2D eigenvalue weighted by atomic mass is 35.5. The molecule has 4 nitrogen and oxygen atoms in total. The number of ether oxygens (including phenoxy) is 3. The molecule has 0 spiro atoms. The van der Waals surface area contributed by atoms with Crippen LogP contribution >= 0.6 is 11.6 Å². The molecule has 0 aromatic heterocycles. The average molecular weight is 272 g/mol. The molecule has 0 amide bonds. The summed E-state index contributed by atoms with van der Waals surface area (Å²) in [4.78, 5) is 0. The van der Waals surface area contributed by atoms with E-state index in [1.807, 2.05) is 6.07 Å². The zero-order chi connectivity index (χ0) is 13.1. The van der Waals surface area contributed by atoms with Crippen molar-refractivity contribution in [3.8, 4) is 11.5 Å². The Labute approximate surface area is 112 Å². The van der Waals surface area contributed by atoms with Gasteiger partial charge in [0.1, 0.15) is 16.5 Å². The largest absolute Gasteiger partial charge is 0.495 e. The van der Waals surface area contributed by atoms with E-state index in [2.05, 4.69) is 0 Å². The summed E-state index contributed by atoms with van der Waals surface area (Å²) >= 11 is 6.22. The normalized spacial score (nSPS) is 20.8. The van der Waals surface area contributed by atoms with Gasteiger partial charge in [0.05, 0.1) is 26.4 Å². The van der Waals surface area contributed by atoms with Gasteiger partial charge in [0, 0.05) is 12.2 Å². The number of rotatable bonds is 4. The predicted molar refractivity (Wildman–Crippen MR) is 70.5 cm³/mol. The summed E-state index contributed by atoms with van der Waals surface area (Å²) in [7, 11) is 3.15. The monoisotopic (exact) mass is 271 g/mol. The Balaban J connectivity index is 2.34. The second-order valence-electron chi connectivity index (χ2n) is 4.28. The van der Waals surface area contributed by atoms with E-state index in [1.165, 1.54) is 0 Å². The topological polar surface area (TPSA) is 53.7 Å². The SMILES string of the molecule is COc1ccc(C(N)C2CCCO2)c(OC)c1Cl. The maximum atomic E-state index is 6.23. The van der Waals surface area contributed by atoms with Gasteiger partial charge in [0.25, 0.3) is 0 Å². The molecule has 1 fully saturated rings. The molecule has 0 bridgehead atoms. The first-order chi connectivity index (χ1) is 8.69. The number of methoxy groups -OCH3 is 2. The van der Waals surface area contributed by atoms with Crippen LogP contribution in [0.3, 0.4) is 0 Å². The van der Waals surface area contributed by atoms with Gasteiger partial charge in [0.15, 0.2) is 0 Å².